The van der Waals surface area contributed by atoms with Crippen LogP contribution >= 0.6 is 0 Å². The van der Waals surface area contributed by atoms with Crippen molar-refractivity contribution in [2.45, 2.75) is 39.3 Å². The van der Waals surface area contributed by atoms with Crippen LogP contribution in [0.2, 0.25) is 0 Å². The quantitative estimate of drug-likeness (QED) is 0.730. The minimum atomic E-state index is -0.517. The third-order valence-electron chi connectivity index (χ3n) is 2.84. The van der Waals surface area contributed by atoms with Gasteiger partial charge in [0.2, 0.25) is 0 Å². The summed E-state index contributed by atoms with van der Waals surface area (Å²) in [6.45, 7) is 12.4. The summed E-state index contributed by atoms with van der Waals surface area (Å²) in [5.41, 5.74) is -0.517. The Bertz CT molecular complexity index is 376. The van der Waals surface area contributed by atoms with Crippen LogP contribution in [0.15, 0.2) is 12.7 Å². The van der Waals surface area contributed by atoms with Gasteiger partial charge in [-0.25, -0.2) is 9.59 Å². The van der Waals surface area contributed by atoms with Crippen molar-refractivity contribution in [3.8, 4) is 0 Å². The smallest absolute Gasteiger partial charge is 0.410 e. The SMILES string of the molecule is C=CCOC(=O)N1CCN(C(=O)OC(C)(C)C)C(C)C1. The molecule has 0 aromatic heterocycles. The molecule has 6 heteroatoms. The van der Waals surface area contributed by atoms with Crippen LogP contribution in [0.3, 0.4) is 0 Å². The number of carbonyl (C=O) groups excluding carboxylic acids is 2. The molecule has 0 radical (unpaired) electrons. The molecule has 1 fully saturated rings. The Kier molecular flexibility index (Phi) is 5.42. The van der Waals surface area contributed by atoms with Crippen molar-refractivity contribution < 1.29 is 19.1 Å². The molecule has 1 saturated heterocycles. The summed E-state index contributed by atoms with van der Waals surface area (Å²) in [6, 6.07) is -0.102. The molecule has 1 heterocycles. The molecular formula is C14H24N2O4. The monoisotopic (exact) mass is 284 g/mol. The van der Waals surface area contributed by atoms with Crippen LogP contribution in [0.5, 0.6) is 0 Å². The molecular weight excluding hydrogens is 260 g/mol. The van der Waals surface area contributed by atoms with Crippen molar-refractivity contribution in [1.29, 1.82) is 0 Å². The second kappa shape index (κ2) is 6.63. The Morgan fingerprint density at radius 3 is 2.45 bits per heavy atom. The Balaban J connectivity index is 2.53. The number of hydrogen-bond donors (Lipinski definition) is 0. The van der Waals surface area contributed by atoms with Gasteiger partial charge in [0, 0.05) is 19.6 Å². The van der Waals surface area contributed by atoms with Crippen molar-refractivity contribution in [1.82, 2.24) is 9.80 Å². The van der Waals surface area contributed by atoms with Crippen LogP contribution in [0, 0.1) is 0 Å². The molecule has 0 bridgehead atoms. The predicted octanol–water partition coefficient (Wildman–Crippen LogP) is 2.25. The highest BCUT2D eigenvalue weighted by atomic mass is 16.6. The maximum absolute atomic E-state index is 12.0. The van der Waals surface area contributed by atoms with Crippen LogP contribution in [0.25, 0.3) is 0 Å². The molecule has 0 N–H and O–H groups in total. The first-order valence-electron chi connectivity index (χ1n) is 6.77. The van der Waals surface area contributed by atoms with Crippen LogP contribution in [0.1, 0.15) is 27.7 Å². The standard InChI is InChI=1S/C14H24N2O4/c1-6-9-19-12(17)15-7-8-16(11(2)10-15)13(18)20-14(3,4)5/h6,11H,1,7-10H2,2-5H3. The van der Waals surface area contributed by atoms with Gasteiger partial charge in [-0.05, 0) is 27.7 Å². The minimum Gasteiger partial charge on any atom is -0.445 e. The van der Waals surface area contributed by atoms with Gasteiger partial charge in [0.25, 0.3) is 0 Å². The molecule has 0 aromatic rings. The average Bonchev–Trinajstić information content (AvgIpc) is 2.33. The van der Waals surface area contributed by atoms with Gasteiger partial charge < -0.3 is 19.3 Å². The van der Waals surface area contributed by atoms with E-state index in [1.165, 1.54) is 6.08 Å². The summed E-state index contributed by atoms with van der Waals surface area (Å²) in [6.07, 6.45) is 0.808. The normalized spacial score (nSPS) is 19.5. The molecule has 20 heavy (non-hydrogen) atoms. The van der Waals surface area contributed by atoms with Crippen LogP contribution < -0.4 is 0 Å². The Hall–Kier alpha value is -1.72. The third-order valence-corrected chi connectivity index (χ3v) is 2.84. The lowest BCUT2D eigenvalue weighted by atomic mass is 10.2. The summed E-state index contributed by atoms with van der Waals surface area (Å²) < 4.78 is 10.3. The van der Waals surface area contributed by atoms with E-state index in [-0.39, 0.29) is 24.8 Å². The lowest BCUT2D eigenvalue weighted by Crippen LogP contribution is -2.56. The topological polar surface area (TPSA) is 59.1 Å². The van der Waals surface area contributed by atoms with Crippen molar-refractivity contribution >= 4 is 12.2 Å². The highest BCUT2D eigenvalue weighted by Crippen LogP contribution is 2.16. The van der Waals surface area contributed by atoms with E-state index >= 15 is 0 Å². The highest BCUT2D eigenvalue weighted by molar-refractivity contribution is 5.71. The van der Waals surface area contributed by atoms with Gasteiger partial charge in [-0.3, -0.25) is 0 Å². The maximum Gasteiger partial charge on any atom is 0.410 e. The van der Waals surface area contributed by atoms with E-state index in [9.17, 15) is 9.59 Å². The van der Waals surface area contributed by atoms with Gasteiger partial charge in [0.15, 0.2) is 0 Å². The number of amides is 2. The van der Waals surface area contributed by atoms with Gasteiger partial charge in [-0.1, -0.05) is 12.7 Å². The molecule has 114 valence electrons. The van der Waals surface area contributed by atoms with Gasteiger partial charge >= 0.3 is 12.2 Å². The lowest BCUT2D eigenvalue weighted by Gasteiger charge is -2.39. The second-order valence-corrected chi connectivity index (χ2v) is 5.83. The minimum absolute atomic E-state index is 0.102. The van der Waals surface area contributed by atoms with E-state index in [1.54, 1.807) is 9.80 Å². The summed E-state index contributed by atoms with van der Waals surface area (Å²) in [7, 11) is 0. The largest absolute Gasteiger partial charge is 0.445 e. The zero-order chi connectivity index (χ0) is 15.3. The second-order valence-electron chi connectivity index (χ2n) is 5.83. The zero-order valence-electron chi connectivity index (χ0n) is 12.7. The summed E-state index contributed by atoms with van der Waals surface area (Å²) in [5.74, 6) is 0. The van der Waals surface area contributed by atoms with E-state index < -0.39 is 5.60 Å². The van der Waals surface area contributed by atoms with Crippen molar-refractivity contribution in [3.05, 3.63) is 12.7 Å². The first-order valence-corrected chi connectivity index (χ1v) is 6.77. The number of carbonyl (C=O) groups is 2. The Morgan fingerprint density at radius 1 is 1.30 bits per heavy atom. The van der Waals surface area contributed by atoms with Crippen LogP contribution in [-0.4, -0.2) is 59.9 Å². The van der Waals surface area contributed by atoms with Gasteiger partial charge in [0.1, 0.15) is 12.2 Å². The highest BCUT2D eigenvalue weighted by Gasteiger charge is 2.32. The molecule has 1 rings (SSSR count). The molecule has 2 amide bonds. The van der Waals surface area contributed by atoms with Crippen molar-refractivity contribution in [2.24, 2.45) is 0 Å². The van der Waals surface area contributed by atoms with E-state index in [0.29, 0.717) is 19.6 Å². The third kappa shape index (κ3) is 4.75. The molecule has 0 spiro atoms. The maximum atomic E-state index is 12.0. The first kappa shape index (κ1) is 16.3. The molecule has 6 nitrogen and oxygen atoms in total. The van der Waals surface area contributed by atoms with E-state index in [4.69, 9.17) is 9.47 Å². The molecule has 1 atom stereocenters. The van der Waals surface area contributed by atoms with Crippen LogP contribution in [0.4, 0.5) is 9.59 Å². The fourth-order valence-electron chi connectivity index (χ4n) is 1.94. The summed E-state index contributed by atoms with van der Waals surface area (Å²) in [5, 5.41) is 0. The number of ether oxygens (including phenoxy) is 2. The first-order chi connectivity index (χ1) is 9.24. The van der Waals surface area contributed by atoms with Gasteiger partial charge in [0.05, 0.1) is 6.04 Å². The predicted molar refractivity (Wildman–Crippen MR) is 75.5 cm³/mol. The zero-order valence-corrected chi connectivity index (χ0v) is 12.7. The van der Waals surface area contributed by atoms with E-state index in [1.807, 2.05) is 27.7 Å². The van der Waals surface area contributed by atoms with Gasteiger partial charge in [-0.15, -0.1) is 0 Å². The van der Waals surface area contributed by atoms with Crippen LogP contribution in [-0.2, 0) is 9.47 Å². The number of hydrogen-bond acceptors (Lipinski definition) is 4. The lowest BCUT2D eigenvalue weighted by molar-refractivity contribution is 0.000852. The average molecular weight is 284 g/mol. The number of piperazine rings is 1. The molecule has 1 aliphatic rings. The summed E-state index contributed by atoms with van der Waals surface area (Å²) >= 11 is 0. The Morgan fingerprint density at radius 2 is 1.95 bits per heavy atom. The molecule has 0 aliphatic carbocycles. The Labute approximate surface area is 120 Å². The number of rotatable bonds is 2. The fraction of sp³-hybridized carbons (Fsp3) is 0.714. The van der Waals surface area contributed by atoms with Crippen molar-refractivity contribution in [2.75, 3.05) is 26.2 Å². The van der Waals surface area contributed by atoms with Crippen molar-refractivity contribution in [3.63, 3.8) is 0 Å². The number of nitrogens with zero attached hydrogens (tertiary/aromatic N) is 2. The summed E-state index contributed by atoms with van der Waals surface area (Å²) in [4.78, 5) is 27.0. The molecule has 1 aliphatic heterocycles. The molecule has 1 unspecified atom stereocenters. The van der Waals surface area contributed by atoms with E-state index in [2.05, 4.69) is 6.58 Å². The van der Waals surface area contributed by atoms with Gasteiger partial charge in [-0.2, -0.15) is 0 Å². The molecule has 0 saturated carbocycles. The molecule has 0 aromatic carbocycles. The fourth-order valence-corrected chi connectivity index (χ4v) is 1.94. The van der Waals surface area contributed by atoms with E-state index in [0.717, 1.165) is 0 Å².